The van der Waals surface area contributed by atoms with E-state index in [0.717, 1.165) is 48.3 Å². The molecule has 0 bridgehead atoms. The number of benzene rings is 2. The van der Waals surface area contributed by atoms with Crippen LogP contribution in [0.1, 0.15) is 42.6 Å². The number of amides is 2. The molecule has 1 aliphatic rings. The number of carbonyl (C=O) groups excluding carboxylic acids is 2. The lowest BCUT2D eigenvalue weighted by Gasteiger charge is -2.26. The van der Waals surface area contributed by atoms with Gasteiger partial charge in [-0.15, -0.1) is 0 Å². The quantitative estimate of drug-likeness (QED) is 0.570. The highest BCUT2D eigenvalue weighted by Crippen LogP contribution is 2.29. The zero-order chi connectivity index (χ0) is 21.5. The number of rotatable bonds is 8. The van der Waals surface area contributed by atoms with E-state index >= 15 is 0 Å². The van der Waals surface area contributed by atoms with Gasteiger partial charge in [0, 0.05) is 11.6 Å². The Morgan fingerprint density at radius 2 is 1.65 bits per heavy atom. The highest BCUT2D eigenvalue weighted by molar-refractivity contribution is 5.95. The normalized spacial score (nSPS) is 13.8. The summed E-state index contributed by atoms with van der Waals surface area (Å²) in [4.78, 5) is 27.4. The van der Waals surface area contributed by atoms with Gasteiger partial charge < -0.3 is 14.6 Å². The molecule has 0 saturated heterocycles. The Kier molecular flexibility index (Phi) is 6.82. The average Bonchev–Trinajstić information content (AvgIpc) is 3.51. The SMILES string of the molecule is O=C(Cc1ccc(N(Cc2ccccc2)C(=O)C2CCCC2)cc1)NCc1ccco1. The van der Waals surface area contributed by atoms with E-state index in [4.69, 9.17) is 4.42 Å². The number of anilines is 1. The number of hydrogen-bond acceptors (Lipinski definition) is 3. The molecule has 0 unspecified atom stereocenters. The van der Waals surface area contributed by atoms with E-state index in [2.05, 4.69) is 5.32 Å². The Labute approximate surface area is 183 Å². The summed E-state index contributed by atoms with van der Waals surface area (Å²) < 4.78 is 5.24. The van der Waals surface area contributed by atoms with E-state index in [0.29, 0.717) is 13.1 Å². The van der Waals surface area contributed by atoms with Gasteiger partial charge in [-0.25, -0.2) is 0 Å². The Bertz CT molecular complexity index is 975. The highest BCUT2D eigenvalue weighted by Gasteiger charge is 2.28. The van der Waals surface area contributed by atoms with Gasteiger partial charge >= 0.3 is 0 Å². The van der Waals surface area contributed by atoms with E-state index in [1.165, 1.54) is 0 Å². The van der Waals surface area contributed by atoms with E-state index < -0.39 is 0 Å². The third-order valence-corrected chi connectivity index (χ3v) is 5.81. The van der Waals surface area contributed by atoms with Crippen LogP contribution in [0.15, 0.2) is 77.4 Å². The van der Waals surface area contributed by atoms with Crippen LogP contribution in [-0.4, -0.2) is 11.8 Å². The predicted octanol–water partition coefficient (Wildman–Crippen LogP) is 4.86. The Morgan fingerprint density at radius 3 is 2.32 bits per heavy atom. The molecule has 1 saturated carbocycles. The minimum absolute atomic E-state index is 0.0627. The molecular weight excluding hydrogens is 388 g/mol. The number of nitrogens with zero attached hydrogens (tertiary/aromatic N) is 1. The van der Waals surface area contributed by atoms with Crippen molar-refractivity contribution in [3.05, 3.63) is 89.9 Å². The van der Waals surface area contributed by atoms with Crippen molar-refractivity contribution in [2.75, 3.05) is 4.90 Å². The van der Waals surface area contributed by atoms with Gasteiger partial charge in [-0.05, 0) is 48.2 Å². The molecule has 31 heavy (non-hydrogen) atoms. The lowest BCUT2D eigenvalue weighted by atomic mass is 10.0. The largest absolute Gasteiger partial charge is 0.467 e. The molecule has 5 heteroatoms. The molecule has 0 aliphatic heterocycles. The first-order chi connectivity index (χ1) is 15.2. The van der Waals surface area contributed by atoms with Gasteiger partial charge in [-0.1, -0.05) is 55.3 Å². The second-order valence-electron chi connectivity index (χ2n) is 8.09. The summed E-state index contributed by atoms with van der Waals surface area (Å²) in [6, 6.07) is 21.5. The van der Waals surface area contributed by atoms with Crippen LogP contribution in [0.4, 0.5) is 5.69 Å². The Hall–Kier alpha value is -3.34. The molecule has 0 spiro atoms. The summed E-state index contributed by atoms with van der Waals surface area (Å²) in [7, 11) is 0. The van der Waals surface area contributed by atoms with Crippen molar-refractivity contribution in [1.29, 1.82) is 0 Å². The molecule has 2 aromatic carbocycles. The standard InChI is InChI=1S/C26H28N2O3/c29-25(27-18-24-11-6-16-31-24)17-20-12-14-23(15-13-20)28(19-21-7-2-1-3-8-21)26(30)22-9-4-5-10-22/h1-3,6-8,11-16,22H,4-5,9-10,17-19H2,(H,27,29). The Balaban J connectivity index is 1.43. The van der Waals surface area contributed by atoms with Crippen molar-refractivity contribution in [3.63, 3.8) is 0 Å². The molecule has 1 fully saturated rings. The minimum Gasteiger partial charge on any atom is -0.467 e. The summed E-state index contributed by atoms with van der Waals surface area (Å²) in [6.45, 7) is 0.934. The summed E-state index contributed by atoms with van der Waals surface area (Å²) in [5.41, 5.74) is 2.89. The van der Waals surface area contributed by atoms with Gasteiger partial charge in [0.25, 0.3) is 0 Å². The maximum absolute atomic E-state index is 13.3. The number of furan rings is 1. The number of carbonyl (C=O) groups is 2. The van der Waals surface area contributed by atoms with Crippen molar-refractivity contribution >= 4 is 17.5 Å². The lowest BCUT2D eigenvalue weighted by Crippen LogP contribution is -2.35. The summed E-state index contributed by atoms with van der Waals surface area (Å²) in [5.74, 6) is 0.971. The van der Waals surface area contributed by atoms with Crippen LogP contribution in [0.2, 0.25) is 0 Å². The van der Waals surface area contributed by atoms with Gasteiger partial charge in [0.2, 0.25) is 11.8 Å². The average molecular weight is 417 g/mol. The third kappa shape index (κ3) is 5.63. The third-order valence-electron chi connectivity index (χ3n) is 5.81. The van der Waals surface area contributed by atoms with Crippen LogP contribution in [0.25, 0.3) is 0 Å². The van der Waals surface area contributed by atoms with Crippen LogP contribution in [0, 0.1) is 5.92 Å². The maximum atomic E-state index is 13.3. The lowest BCUT2D eigenvalue weighted by molar-refractivity contribution is -0.122. The zero-order valence-electron chi connectivity index (χ0n) is 17.6. The molecule has 1 heterocycles. The predicted molar refractivity (Wildman–Crippen MR) is 120 cm³/mol. The van der Waals surface area contributed by atoms with Crippen LogP contribution in [0.5, 0.6) is 0 Å². The van der Waals surface area contributed by atoms with Crippen LogP contribution >= 0.6 is 0 Å². The molecule has 4 rings (SSSR count). The summed E-state index contributed by atoms with van der Waals surface area (Å²) >= 11 is 0. The molecule has 1 N–H and O–H groups in total. The molecule has 3 aromatic rings. The first-order valence-electron chi connectivity index (χ1n) is 10.9. The van der Waals surface area contributed by atoms with Crippen molar-refractivity contribution in [3.8, 4) is 0 Å². The maximum Gasteiger partial charge on any atom is 0.230 e. The van der Waals surface area contributed by atoms with Gasteiger partial charge in [-0.2, -0.15) is 0 Å². The van der Waals surface area contributed by atoms with E-state index in [1.807, 2.05) is 65.6 Å². The monoisotopic (exact) mass is 416 g/mol. The van der Waals surface area contributed by atoms with Gasteiger partial charge in [-0.3, -0.25) is 9.59 Å². The first kappa shape index (κ1) is 20.9. The first-order valence-corrected chi connectivity index (χ1v) is 10.9. The molecule has 160 valence electrons. The highest BCUT2D eigenvalue weighted by atomic mass is 16.3. The van der Waals surface area contributed by atoms with Gasteiger partial charge in [0.1, 0.15) is 5.76 Å². The van der Waals surface area contributed by atoms with E-state index in [9.17, 15) is 9.59 Å². The number of hydrogen-bond donors (Lipinski definition) is 1. The molecule has 1 aliphatic carbocycles. The molecular formula is C26H28N2O3. The smallest absolute Gasteiger partial charge is 0.230 e. The van der Waals surface area contributed by atoms with E-state index in [-0.39, 0.29) is 24.2 Å². The molecule has 5 nitrogen and oxygen atoms in total. The zero-order valence-corrected chi connectivity index (χ0v) is 17.6. The number of nitrogens with one attached hydrogen (secondary N) is 1. The molecule has 0 atom stereocenters. The molecule has 0 radical (unpaired) electrons. The fourth-order valence-corrected chi connectivity index (χ4v) is 4.10. The van der Waals surface area contributed by atoms with Gasteiger partial charge in [0.15, 0.2) is 0 Å². The van der Waals surface area contributed by atoms with Crippen LogP contribution in [-0.2, 0) is 29.1 Å². The second-order valence-corrected chi connectivity index (χ2v) is 8.09. The fourth-order valence-electron chi connectivity index (χ4n) is 4.10. The summed E-state index contributed by atoms with van der Waals surface area (Å²) in [6.07, 6.45) is 6.07. The minimum atomic E-state index is -0.0627. The molecule has 1 aromatic heterocycles. The van der Waals surface area contributed by atoms with Crippen molar-refractivity contribution in [1.82, 2.24) is 5.32 Å². The van der Waals surface area contributed by atoms with Crippen molar-refractivity contribution in [2.45, 2.75) is 45.2 Å². The van der Waals surface area contributed by atoms with Crippen LogP contribution < -0.4 is 10.2 Å². The van der Waals surface area contributed by atoms with Crippen molar-refractivity contribution < 1.29 is 14.0 Å². The van der Waals surface area contributed by atoms with Crippen molar-refractivity contribution in [2.24, 2.45) is 5.92 Å². The topological polar surface area (TPSA) is 62.6 Å². The second kappa shape index (κ2) is 10.1. The van der Waals surface area contributed by atoms with Gasteiger partial charge in [0.05, 0.1) is 25.8 Å². The van der Waals surface area contributed by atoms with Crippen LogP contribution in [0.3, 0.4) is 0 Å². The van der Waals surface area contributed by atoms with E-state index in [1.54, 1.807) is 12.3 Å². The molecule has 2 amide bonds. The fraction of sp³-hybridized carbons (Fsp3) is 0.308. The summed E-state index contributed by atoms with van der Waals surface area (Å²) in [5, 5.41) is 2.86. The Morgan fingerprint density at radius 1 is 0.903 bits per heavy atom.